The van der Waals surface area contributed by atoms with Crippen molar-refractivity contribution in [3.05, 3.63) is 69.6 Å². The molecule has 1 atom stereocenters. The molecule has 0 radical (unpaired) electrons. The lowest BCUT2D eigenvalue weighted by Gasteiger charge is -2.45. The number of nitrogens with zero attached hydrogens (tertiary/aromatic N) is 4. The van der Waals surface area contributed by atoms with E-state index in [0.717, 1.165) is 34.5 Å². The molecule has 8 nitrogen and oxygen atoms in total. The molecule has 2 aliphatic rings. The van der Waals surface area contributed by atoms with E-state index in [4.69, 9.17) is 11.6 Å². The number of aromatic nitrogens is 1. The molecule has 0 saturated carbocycles. The van der Waals surface area contributed by atoms with Crippen LogP contribution in [-0.2, 0) is 25.3 Å². The highest BCUT2D eigenvalue weighted by Crippen LogP contribution is 2.55. The predicted molar refractivity (Wildman–Crippen MR) is 140 cm³/mol. The number of aromatic hydroxyl groups is 1. The average Bonchev–Trinajstić information content (AvgIpc) is 3.32. The number of halogens is 1. The second-order valence-electron chi connectivity index (χ2n) is 9.58. The van der Waals surface area contributed by atoms with E-state index in [-0.39, 0.29) is 27.1 Å². The van der Waals surface area contributed by atoms with Gasteiger partial charge < -0.3 is 14.4 Å². The van der Waals surface area contributed by atoms with E-state index in [9.17, 15) is 14.7 Å². The Hall–Kier alpha value is -3.43. The monoisotopic (exact) mass is 522 g/mol. The molecule has 1 unspecified atom stereocenters. The Morgan fingerprint density at radius 1 is 1.22 bits per heavy atom. The van der Waals surface area contributed by atoms with Crippen LogP contribution in [-0.4, -0.2) is 33.8 Å². The van der Waals surface area contributed by atoms with Gasteiger partial charge >= 0.3 is 5.97 Å². The van der Waals surface area contributed by atoms with Crippen molar-refractivity contribution in [1.29, 1.82) is 0 Å². The molecule has 0 bridgehead atoms. The van der Waals surface area contributed by atoms with E-state index in [1.807, 2.05) is 28.8 Å². The number of methoxy groups -OCH3 is 1. The van der Waals surface area contributed by atoms with Crippen LogP contribution in [0, 0.1) is 0 Å². The third kappa shape index (κ3) is 3.83. The van der Waals surface area contributed by atoms with Crippen molar-refractivity contribution < 1.29 is 19.4 Å². The van der Waals surface area contributed by atoms with Gasteiger partial charge in [0.15, 0.2) is 5.69 Å². The van der Waals surface area contributed by atoms with Gasteiger partial charge in [-0.15, -0.1) is 10.2 Å². The number of carbonyl (C=O) groups excluding carboxylic acids is 2. The number of hydrogen-bond acceptors (Lipinski definition) is 7. The fraction of sp³-hybridized carbons (Fsp3) is 0.269. The third-order valence-corrected chi connectivity index (χ3v) is 7.75. The topological polar surface area (TPSA) is 106 Å². The minimum Gasteiger partial charge on any atom is -0.493 e. The zero-order valence-electron chi connectivity index (χ0n) is 20.1. The molecule has 3 heterocycles. The summed E-state index contributed by atoms with van der Waals surface area (Å²) in [7, 11) is 1.22. The number of amides is 1. The van der Waals surface area contributed by atoms with Gasteiger partial charge in [-0.3, -0.25) is 4.79 Å². The summed E-state index contributed by atoms with van der Waals surface area (Å²) in [6, 6.07) is 13.9. The maximum Gasteiger partial charge on any atom is 0.331 e. The third-order valence-electron chi connectivity index (χ3n) is 6.67. The maximum absolute atomic E-state index is 12.1. The Kier molecular flexibility index (Phi) is 5.80. The molecule has 0 saturated heterocycles. The summed E-state index contributed by atoms with van der Waals surface area (Å²) < 4.78 is 6.45. The molecule has 36 heavy (non-hydrogen) atoms. The summed E-state index contributed by atoms with van der Waals surface area (Å²) in [5.41, 5.74) is 2.37. The predicted octanol–water partition coefficient (Wildman–Crippen LogP) is 6.22. The smallest absolute Gasteiger partial charge is 0.331 e. The summed E-state index contributed by atoms with van der Waals surface area (Å²) in [5.74, 6) is -1.31. The maximum atomic E-state index is 12.1. The molecule has 1 amide bonds. The summed E-state index contributed by atoms with van der Waals surface area (Å²) in [4.78, 5) is 27.5. The number of carbonyl (C=O) groups is 2. The summed E-state index contributed by atoms with van der Waals surface area (Å²) in [5, 5.41) is 21.0. The molecule has 0 aliphatic carbocycles. The van der Waals surface area contributed by atoms with E-state index >= 15 is 0 Å². The number of esters is 1. The van der Waals surface area contributed by atoms with Crippen molar-refractivity contribution in [2.24, 2.45) is 15.2 Å². The molecule has 0 fully saturated rings. The van der Waals surface area contributed by atoms with Crippen LogP contribution in [0.2, 0.25) is 5.02 Å². The van der Waals surface area contributed by atoms with Gasteiger partial charge in [0.2, 0.25) is 11.0 Å². The van der Waals surface area contributed by atoms with Crippen LogP contribution >= 0.6 is 23.4 Å². The minimum absolute atomic E-state index is 0.0439. The van der Waals surface area contributed by atoms with Gasteiger partial charge in [0, 0.05) is 27.4 Å². The molecule has 10 heteroatoms. The zero-order chi connectivity index (χ0) is 25.8. The molecule has 0 spiro atoms. The first-order valence-corrected chi connectivity index (χ1v) is 12.4. The molecule has 2 aromatic carbocycles. The Bertz CT molecular complexity index is 1520. The number of rotatable bonds is 3. The van der Waals surface area contributed by atoms with Crippen molar-refractivity contribution in [2.75, 3.05) is 7.11 Å². The number of benzene rings is 2. The fourth-order valence-corrected chi connectivity index (χ4v) is 6.18. The second kappa shape index (κ2) is 8.60. The first-order chi connectivity index (χ1) is 17.0. The van der Waals surface area contributed by atoms with Crippen LogP contribution in [0.5, 0.6) is 5.88 Å². The minimum atomic E-state index is -0.663. The van der Waals surface area contributed by atoms with Crippen molar-refractivity contribution in [3.63, 3.8) is 0 Å². The summed E-state index contributed by atoms with van der Waals surface area (Å²) in [6.07, 6.45) is 1.77. The van der Waals surface area contributed by atoms with Crippen molar-refractivity contribution in [3.8, 4) is 5.88 Å². The highest BCUT2D eigenvalue weighted by molar-refractivity contribution is 8.18. The lowest BCUT2D eigenvalue weighted by molar-refractivity contribution is -0.135. The van der Waals surface area contributed by atoms with Gasteiger partial charge in [-0.2, -0.15) is 4.99 Å². The Morgan fingerprint density at radius 3 is 2.64 bits per heavy atom. The highest BCUT2D eigenvalue weighted by Gasteiger charge is 2.45. The Labute approximate surface area is 216 Å². The lowest BCUT2D eigenvalue weighted by atomic mass is 9.66. The van der Waals surface area contributed by atoms with Gasteiger partial charge in [0.1, 0.15) is 0 Å². The number of thioether (sulfide) groups is 1. The summed E-state index contributed by atoms with van der Waals surface area (Å²) >= 11 is 7.49. The average molecular weight is 523 g/mol. The van der Waals surface area contributed by atoms with E-state index in [0.29, 0.717) is 16.8 Å². The van der Waals surface area contributed by atoms with Crippen LogP contribution in [0.4, 0.5) is 5.69 Å². The molecule has 3 aromatic rings. The molecule has 184 valence electrons. The van der Waals surface area contributed by atoms with E-state index in [2.05, 4.69) is 52.9 Å². The largest absolute Gasteiger partial charge is 0.493 e. The van der Waals surface area contributed by atoms with E-state index in [1.54, 1.807) is 6.07 Å². The van der Waals surface area contributed by atoms with Crippen LogP contribution in [0.1, 0.15) is 38.3 Å². The molecule has 2 aliphatic heterocycles. The number of hydrogen-bond donors (Lipinski definition) is 1. The number of ether oxygens (including phenoxy) is 1. The number of amidine groups is 1. The molecule has 5 rings (SSSR count). The van der Waals surface area contributed by atoms with Crippen molar-refractivity contribution >= 4 is 57.0 Å². The molecule has 1 aromatic heterocycles. The standard InChI is InChI=1S/C26H23ClN4O4S/c1-25(2)13-26(3,14-8-6-5-7-9-14)17-11-15(27)10-16-20(23(34)31(25)21(16)17)29-30-24-28-22(33)18(36-24)12-19(32)35-4/h5-12,34H,13H2,1-4H3/b18-12-,30-29?. The van der Waals surface area contributed by atoms with E-state index < -0.39 is 17.4 Å². The van der Waals surface area contributed by atoms with Gasteiger partial charge in [0.25, 0.3) is 5.91 Å². The second-order valence-corrected chi connectivity index (χ2v) is 11.0. The first kappa shape index (κ1) is 24.3. The van der Waals surface area contributed by atoms with Crippen LogP contribution in [0.3, 0.4) is 0 Å². The van der Waals surface area contributed by atoms with Gasteiger partial charge in [-0.1, -0.05) is 48.9 Å². The Morgan fingerprint density at radius 2 is 1.94 bits per heavy atom. The summed E-state index contributed by atoms with van der Waals surface area (Å²) in [6.45, 7) is 6.34. The van der Waals surface area contributed by atoms with Gasteiger partial charge in [-0.05, 0) is 55.3 Å². The molecule has 1 N–H and O–H groups in total. The van der Waals surface area contributed by atoms with Crippen LogP contribution in [0.25, 0.3) is 10.9 Å². The van der Waals surface area contributed by atoms with Crippen LogP contribution in [0.15, 0.2) is 68.7 Å². The van der Waals surface area contributed by atoms with Gasteiger partial charge in [-0.25, -0.2) is 4.79 Å². The lowest BCUT2D eigenvalue weighted by Crippen LogP contribution is -2.41. The van der Waals surface area contributed by atoms with Crippen molar-refractivity contribution in [2.45, 2.75) is 38.1 Å². The first-order valence-electron chi connectivity index (χ1n) is 11.2. The quantitative estimate of drug-likeness (QED) is 0.250. The van der Waals surface area contributed by atoms with Crippen LogP contribution < -0.4 is 0 Å². The molecular weight excluding hydrogens is 500 g/mol. The number of azo groups is 1. The molecular formula is C26H23ClN4O4S. The van der Waals surface area contributed by atoms with Gasteiger partial charge in [0.05, 0.1) is 17.5 Å². The SMILES string of the molecule is COC(=O)/C=C1\SC(N=Nc2c(O)n3c4c(cc(Cl)cc24)C(C)(c2ccccc2)CC3(C)C)=NC1=O. The van der Waals surface area contributed by atoms with Crippen molar-refractivity contribution in [1.82, 2.24) is 4.57 Å². The number of aliphatic imine (C=N–C) groups is 1. The fourth-order valence-electron chi connectivity index (χ4n) is 5.26. The normalized spacial score (nSPS) is 22.0. The highest BCUT2D eigenvalue weighted by atomic mass is 35.5. The zero-order valence-corrected chi connectivity index (χ0v) is 21.6. The van der Waals surface area contributed by atoms with E-state index in [1.165, 1.54) is 7.11 Å². The Balaban J connectivity index is 1.66.